The molecule has 3 heterocycles. The highest BCUT2D eigenvalue weighted by molar-refractivity contribution is 5.96. The number of benzene rings is 1. The van der Waals surface area contributed by atoms with E-state index < -0.39 is 0 Å². The molecule has 4 aliphatic rings. The molecule has 0 radical (unpaired) electrons. The van der Waals surface area contributed by atoms with Gasteiger partial charge in [-0.2, -0.15) is 0 Å². The fourth-order valence-electron chi connectivity index (χ4n) is 6.26. The summed E-state index contributed by atoms with van der Waals surface area (Å²) < 4.78 is 5.42. The van der Waals surface area contributed by atoms with Crippen LogP contribution >= 0.6 is 0 Å². The Morgan fingerprint density at radius 1 is 1.20 bits per heavy atom. The maximum atomic E-state index is 12.4. The third kappa shape index (κ3) is 8.29. The van der Waals surface area contributed by atoms with Crippen molar-refractivity contribution in [1.29, 1.82) is 5.41 Å². The maximum Gasteiger partial charge on any atom is 0.408 e. The lowest BCUT2D eigenvalue weighted by molar-refractivity contribution is -0.135. The molecule has 2 bridgehead atoms. The molecule has 40 heavy (non-hydrogen) atoms. The van der Waals surface area contributed by atoms with E-state index in [0.717, 1.165) is 48.3 Å². The Morgan fingerprint density at radius 3 is 2.58 bits per heavy atom. The Labute approximate surface area is 238 Å². The van der Waals surface area contributed by atoms with Gasteiger partial charge in [-0.25, -0.2) is 9.78 Å². The summed E-state index contributed by atoms with van der Waals surface area (Å²) in [7, 11) is 0. The number of aromatic amines is 1. The van der Waals surface area contributed by atoms with Gasteiger partial charge in [-0.1, -0.05) is 55.7 Å². The molecule has 4 N–H and O–H groups in total. The van der Waals surface area contributed by atoms with Crippen LogP contribution in [0.3, 0.4) is 0 Å². The van der Waals surface area contributed by atoms with E-state index in [2.05, 4.69) is 27.5 Å². The van der Waals surface area contributed by atoms with Crippen LogP contribution in [0.1, 0.15) is 88.8 Å². The number of H-pyrrole nitrogens is 1. The second-order valence-corrected chi connectivity index (χ2v) is 12.1. The molecule has 4 atom stereocenters. The minimum Gasteiger partial charge on any atom is -0.445 e. The van der Waals surface area contributed by atoms with Crippen LogP contribution in [-0.4, -0.2) is 33.7 Å². The molecule has 2 aliphatic heterocycles. The fourth-order valence-corrected chi connectivity index (χ4v) is 6.26. The van der Waals surface area contributed by atoms with Crippen LogP contribution < -0.4 is 10.6 Å². The SMILES string of the molecule is CC(C)=CC(=N)CC1C(=O)NC2CC1C2.Cc1ncc(C(NC(=O)OCc2ccccc2)C2CCCC(C)C2)[nH]1. The summed E-state index contributed by atoms with van der Waals surface area (Å²) in [6.07, 6.45) is 10.9. The Balaban J connectivity index is 0.000000210. The van der Waals surface area contributed by atoms with Crippen molar-refractivity contribution < 1.29 is 14.3 Å². The van der Waals surface area contributed by atoms with Gasteiger partial charge in [-0.3, -0.25) is 4.79 Å². The quantitative estimate of drug-likeness (QED) is 0.286. The average molecular weight is 548 g/mol. The predicted molar refractivity (Wildman–Crippen MR) is 157 cm³/mol. The van der Waals surface area contributed by atoms with Crippen LogP contribution in [0.15, 0.2) is 48.2 Å². The number of alkyl carbamates (subject to hydrolysis) is 1. The number of hydrogen-bond acceptors (Lipinski definition) is 5. The van der Waals surface area contributed by atoms with Crippen LogP contribution in [0.25, 0.3) is 0 Å². The topological polar surface area (TPSA) is 120 Å². The largest absolute Gasteiger partial charge is 0.445 e. The molecule has 8 nitrogen and oxygen atoms in total. The molecule has 4 fully saturated rings. The van der Waals surface area contributed by atoms with Gasteiger partial charge in [0.2, 0.25) is 5.91 Å². The molecule has 8 heteroatoms. The smallest absolute Gasteiger partial charge is 0.408 e. The molecule has 1 aromatic heterocycles. The first-order valence-corrected chi connectivity index (χ1v) is 14.7. The van der Waals surface area contributed by atoms with Crippen molar-refractivity contribution in [1.82, 2.24) is 20.6 Å². The van der Waals surface area contributed by atoms with Gasteiger partial charge in [0, 0.05) is 24.1 Å². The van der Waals surface area contributed by atoms with E-state index in [0.29, 0.717) is 35.9 Å². The molecule has 2 amide bonds. The number of hydrogen-bond donors (Lipinski definition) is 4. The molecule has 2 saturated heterocycles. The van der Waals surface area contributed by atoms with Crippen molar-refractivity contribution in [2.45, 2.75) is 91.3 Å². The fraction of sp³-hybridized carbons (Fsp3) is 0.562. The zero-order chi connectivity index (χ0) is 28.6. The molecule has 1 aromatic carbocycles. The summed E-state index contributed by atoms with van der Waals surface area (Å²) in [5.74, 6) is 2.71. The van der Waals surface area contributed by atoms with Gasteiger partial charge in [0.05, 0.1) is 17.9 Å². The van der Waals surface area contributed by atoms with Gasteiger partial charge < -0.3 is 25.8 Å². The first-order chi connectivity index (χ1) is 19.2. The second-order valence-electron chi connectivity index (χ2n) is 12.1. The normalized spacial score (nSPS) is 25.7. The van der Waals surface area contributed by atoms with E-state index in [1.165, 1.54) is 12.8 Å². The Morgan fingerprint density at radius 2 is 1.95 bits per heavy atom. The number of rotatable bonds is 8. The lowest BCUT2D eigenvalue weighted by Crippen LogP contribution is -2.57. The van der Waals surface area contributed by atoms with Crippen LogP contribution in [0.4, 0.5) is 4.79 Å². The summed E-state index contributed by atoms with van der Waals surface area (Å²) in [5.41, 5.74) is 3.66. The zero-order valence-electron chi connectivity index (χ0n) is 24.3. The molecule has 0 spiro atoms. The number of nitrogens with one attached hydrogen (secondary N) is 4. The monoisotopic (exact) mass is 547 g/mol. The number of fused-ring (bicyclic) bond motifs is 2. The van der Waals surface area contributed by atoms with E-state index in [-0.39, 0.29) is 30.6 Å². The van der Waals surface area contributed by atoms with E-state index >= 15 is 0 Å². The van der Waals surface area contributed by atoms with Crippen molar-refractivity contribution in [3.05, 3.63) is 65.3 Å². The van der Waals surface area contributed by atoms with Crippen LogP contribution in [-0.2, 0) is 16.1 Å². The number of piperidine rings is 2. The van der Waals surface area contributed by atoms with Crippen molar-refractivity contribution in [2.24, 2.45) is 23.7 Å². The molecule has 2 aliphatic carbocycles. The van der Waals surface area contributed by atoms with Crippen LogP contribution in [0.2, 0.25) is 0 Å². The average Bonchev–Trinajstić information content (AvgIpc) is 3.32. The van der Waals surface area contributed by atoms with Crippen molar-refractivity contribution >= 4 is 17.7 Å². The summed E-state index contributed by atoms with van der Waals surface area (Å²) in [6.45, 7) is 8.46. The first kappa shape index (κ1) is 29.6. The minimum absolute atomic E-state index is 0.0538. The van der Waals surface area contributed by atoms with E-state index in [1.54, 1.807) is 0 Å². The molecule has 2 aromatic rings. The molecular weight excluding hydrogens is 502 g/mol. The molecule has 2 saturated carbocycles. The number of amides is 2. The van der Waals surface area contributed by atoms with Gasteiger partial charge >= 0.3 is 6.09 Å². The van der Waals surface area contributed by atoms with Gasteiger partial charge in [0.15, 0.2) is 0 Å². The third-order valence-electron chi connectivity index (χ3n) is 8.32. The number of aryl methyl sites for hydroxylation is 1. The molecule has 216 valence electrons. The van der Waals surface area contributed by atoms with Crippen LogP contribution in [0, 0.1) is 36.0 Å². The van der Waals surface area contributed by atoms with Crippen molar-refractivity contribution in [2.75, 3.05) is 0 Å². The lowest BCUT2D eigenvalue weighted by atomic mass is 9.67. The van der Waals surface area contributed by atoms with Gasteiger partial charge in [0.25, 0.3) is 0 Å². The number of carbonyl (C=O) groups excluding carboxylic acids is 2. The number of imidazole rings is 1. The zero-order valence-corrected chi connectivity index (χ0v) is 24.3. The minimum atomic E-state index is -0.376. The summed E-state index contributed by atoms with van der Waals surface area (Å²) >= 11 is 0. The number of aromatic nitrogens is 2. The molecular formula is C32H45N5O3. The third-order valence-corrected chi connectivity index (χ3v) is 8.32. The van der Waals surface area contributed by atoms with Gasteiger partial charge in [-0.05, 0) is 75.8 Å². The number of carbonyl (C=O) groups is 2. The Kier molecular flexibility index (Phi) is 10.2. The summed E-state index contributed by atoms with van der Waals surface area (Å²) in [5, 5.41) is 13.9. The number of nitrogens with zero attached hydrogens (tertiary/aromatic N) is 1. The number of ether oxygens (including phenoxy) is 1. The standard InChI is InChI=1S/C20H27N3O2.C12H18N2O/c1-14-7-6-10-17(11-14)19(18-12-21-15(2)22-18)23-20(24)25-13-16-8-4-3-5-9-16;1-7(2)3-9(13)6-11-8-4-10(5-8)14-12(11)15/h3-5,8-9,12,14,17,19H,6-7,10-11,13H2,1-2H3,(H,21,22)(H,23,24);3,8,10-11,13H,4-6H2,1-2H3,(H,14,15). The van der Waals surface area contributed by atoms with Crippen molar-refractivity contribution in [3.8, 4) is 0 Å². The Hall–Kier alpha value is -3.42. The predicted octanol–water partition coefficient (Wildman–Crippen LogP) is 6.40. The second kappa shape index (κ2) is 13.8. The van der Waals surface area contributed by atoms with Crippen molar-refractivity contribution in [3.63, 3.8) is 0 Å². The maximum absolute atomic E-state index is 12.4. The van der Waals surface area contributed by atoms with E-state index in [4.69, 9.17) is 10.1 Å². The lowest BCUT2D eigenvalue weighted by Gasteiger charge is -2.46. The van der Waals surface area contributed by atoms with E-state index in [9.17, 15) is 9.59 Å². The van der Waals surface area contributed by atoms with Gasteiger partial charge in [-0.15, -0.1) is 0 Å². The highest BCUT2D eigenvalue weighted by Gasteiger charge is 2.44. The molecule has 4 unspecified atom stereocenters. The van der Waals surface area contributed by atoms with E-state index in [1.807, 2.05) is 63.4 Å². The Bertz CT molecular complexity index is 1180. The summed E-state index contributed by atoms with van der Waals surface area (Å²) in [4.78, 5) is 31.6. The summed E-state index contributed by atoms with van der Waals surface area (Å²) in [6, 6.07) is 10.1. The van der Waals surface area contributed by atoms with Gasteiger partial charge in [0.1, 0.15) is 12.4 Å². The number of allylic oxidation sites excluding steroid dienone is 2. The van der Waals surface area contributed by atoms with Crippen LogP contribution in [0.5, 0.6) is 0 Å². The first-order valence-electron chi connectivity index (χ1n) is 14.7. The highest BCUT2D eigenvalue weighted by Crippen LogP contribution is 2.40. The molecule has 6 rings (SSSR count). The highest BCUT2D eigenvalue weighted by atomic mass is 16.5.